The fourth-order valence-electron chi connectivity index (χ4n) is 2.31. The third kappa shape index (κ3) is 3.73. The van der Waals surface area contributed by atoms with E-state index in [0.29, 0.717) is 6.42 Å². The largest absolute Gasteiger partial charge is 0.294 e. The summed E-state index contributed by atoms with van der Waals surface area (Å²) in [5, 5.41) is 0. The van der Waals surface area contributed by atoms with Crippen molar-refractivity contribution in [1.29, 1.82) is 0 Å². The highest BCUT2D eigenvalue weighted by atomic mass is 32.2. The molecule has 2 heteroatoms. The van der Waals surface area contributed by atoms with Crippen molar-refractivity contribution in [2.75, 3.05) is 6.26 Å². The Morgan fingerprint density at radius 3 is 2.35 bits per heavy atom. The Hall–Kier alpha value is -1.54. The summed E-state index contributed by atoms with van der Waals surface area (Å²) in [6.45, 7) is 4.06. The molecule has 0 saturated heterocycles. The molecule has 0 amide bonds. The van der Waals surface area contributed by atoms with Crippen LogP contribution in [0.4, 0.5) is 0 Å². The van der Waals surface area contributed by atoms with Gasteiger partial charge in [-0.2, -0.15) is 0 Å². The second kappa shape index (κ2) is 6.76. The van der Waals surface area contributed by atoms with Crippen molar-refractivity contribution < 1.29 is 4.79 Å². The number of Topliss-reactive ketones (excluding diaryl/α,β-unsaturated/α-hetero) is 1. The summed E-state index contributed by atoms with van der Waals surface area (Å²) in [6.07, 6.45) is 3.45. The fourth-order valence-corrected chi connectivity index (χ4v) is 2.72. The Kier molecular flexibility index (Phi) is 5.02. The van der Waals surface area contributed by atoms with Gasteiger partial charge in [-0.25, -0.2) is 0 Å². The Balaban J connectivity index is 2.00. The highest BCUT2D eigenvalue weighted by Crippen LogP contribution is 2.17. The molecular formula is C18H20OS. The van der Waals surface area contributed by atoms with Crippen molar-refractivity contribution in [3.63, 3.8) is 0 Å². The molecule has 0 aliphatic heterocycles. The number of hydrogen-bond acceptors (Lipinski definition) is 2. The van der Waals surface area contributed by atoms with Crippen LogP contribution < -0.4 is 0 Å². The Morgan fingerprint density at radius 2 is 1.75 bits per heavy atom. The number of rotatable bonds is 5. The molecule has 0 radical (unpaired) electrons. The maximum Gasteiger partial charge on any atom is 0.163 e. The normalized spacial score (nSPS) is 10.6. The van der Waals surface area contributed by atoms with Crippen LogP contribution >= 0.6 is 11.8 Å². The number of benzene rings is 2. The van der Waals surface area contributed by atoms with Crippen LogP contribution in [0.1, 0.15) is 33.5 Å². The maximum absolute atomic E-state index is 12.3. The van der Waals surface area contributed by atoms with Gasteiger partial charge < -0.3 is 0 Å². The second-order valence-corrected chi connectivity index (χ2v) is 5.97. The van der Waals surface area contributed by atoms with E-state index in [9.17, 15) is 4.79 Å². The monoisotopic (exact) mass is 284 g/mol. The number of carbonyl (C=O) groups is 1. The van der Waals surface area contributed by atoms with E-state index in [1.54, 1.807) is 11.8 Å². The van der Waals surface area contributed by atoms with Crippen LogP contribution in [0.15, 0.2) is 47.4 Å². The zero-order chi connectivity index (χ0) is 14.5. The molecule has 0 aliphatic carbocycles. The summed E-state index contributed by atoms with van der Waals surface area (Å²) in [5.41, 5.74) is 4.36. The molecule has 104 valence electrons. The van der Waals surface area contributed by atoms with Crippen molar-refractivity contribution in [1.82, 2.24) is 0 Å². The van der Waals surface area contributed by atoms with E-state index in [-0.39, 0.29) is 5.78 Å². The Labute approximate surface area is 125 Å². The van der Waals surface area contributed by atoms with Gasteiger partial charge in [-0.1, -0.05) is 35.9 Å². The second-order valence-electron chi connectivity index (χ2n) is 5.09. The Bertz CT molecular complexity index is 599. The average Bonchev–Trinajstić information content (AvgIpc) is 2.45. The minimum Gasteiger partial charge on any atom is -0.294 e. The van der Waals surface area contributed by atoms with E-state index in [1.165, 1.54) is 16.0 Å². The first-order valence-corrected chi connectivity index (χ1v) is 8.06. The van der Waals surface area contributed by atoms with Crippen LogP contribution in [0.25, 0.3) is 0 Å². The van der Waals surface area contributed by atoms with Crippen LogP contribution in [0.5, 0.6) is 0 Å². The molecule has 0 atom stereocenters. The number of carbonyl (C=O) groups excluding carboxylic acids is 1. The number of aryl methyl sites for hydroxylation is 3. The zero-order valence-electron chi connectivity index (χ0n) is 12.3. The smallest absolute Gasteiger partial charge is 0.163 e. The quantitative estimate of drug-likeness (QED) is 0.577. The minimum absolute atomic E-state index is 0.233. The van der Waals surface area contributed by atoms with Crippen molar-refractivity contribution in [2.45, 2.75) is 31.6 Å². The molecule has 0 saturated carbocycles. The van der Waals surface area contributed by atoms with Gasteiger partial charge in [0.05, 0.1) is 0 Å². The van der Waals surface area contributed by atoms with Crippen molar-refractivity contribution >= 4 is 17.5 Å². The lowest BCUT2D eigenvalue weighted by Crippen LogP contribution is -2.03. The summed E-state index contributed by atoms with van der Waals surface area (Å²) in [5.74, 6) is 0.233. The predicted octanol–water partition coefficient (Wildman–Crippen LogP) is 4.84. The number of thioether (sulfide) groups is 1. The van der Waals surface area contributed by atoms with Gasteiger partial charge in [0, 0.05) is 16.9 Å². The van der Waals surface area contributed by atoms with Crippen LogP contribution in [-0.4, -0.2) is 12.0 Å². The number of hydrogen-bond donors (Lipinski definition) is 0. The highest BCUT2D eigenvalue weighted by molar-refractivity contribution is 7.98. The van der Waals surface area contributed by atoms with E-state index in [4.69, 9.17) is 0 Å². The van der Waals surface area contributed by atoms with Crippen LogP contribution in [-0.2, 0) is 6.42 Å². The van der Waals surface area contributed by atoms with E-state index >= 15 is 0 Å². The molecule has 0 fully saturated rings. The molecule has 2 rings (SSSR count). The molecule has 20 heavy (non-hydrogen) atoms. The topological polar surface area (TPSA) is 17.1 Å². The lowest BCUT2D eigenvalue weighted by molar-refractivity contribution is 0.0982. The summed E-state index contributed by atoms with van der Waals surface area (Å²) in [6, 6.07) is 14.5. The maximum atomic E-state index is 12.3. The first-order valence-electron chi connectivity index (χ1n) is 6.83. The molecule has 2 aromatic carbocycles. The zero-order valence-corrected chi connectivity index (χ0v) is 13.1. The standard InChI is InChI=1S/C18H20OS/c1-13-4-10-17(14(2)12-13)18(19)11-7-15-5-8-16(20-3)9-6-15/h4-6,8-10,12H,7,11H2,1-3H3. The van der Waals surface area contributed by atoms with Crippen molar-refractivity contribution in [2.24, 2.45) is 0 Å². The summed E-state index contributed by atoms with van der Waals surface area (Å²) in [4.78, 5) is 13.5. The molecule has 0 N–H and O–H groups in total. The summed E-state index contributed by atoms with van der Waals surface area (Å²) in [7, 11) is 0. The minimum atomic E-state index is 0.233. The summed E-state index contributed by atoms with van der Waals surface area (Å²) >= 11 is 1.74. The van der Waals surface area contributed by atoms with Gasteiger partial charge in [-0.3, -0.25) is 4.79 Å². The molecule has 0 aliphatic rings. The Morgan fingerprint density at radius 1 is 1.05 bits per heavy atom. The lowest BCUT2D eigenvalue weighted by atomic mass is 9.98. The molecule has 0 spiro atoms. The van der Waals surface area contributed by atoms with Gasteiger partial charge >= 0.3 is 0 Å². The summed E-state index contributed by atoms with van der Waals surface area (Å²) < 4.78 is 0. The van der Waals surface area contributed by atoms with Crippen molar-refractivity contribution in [3.8, 4) is 0 Å². The first-order chi connectivity index (χ1) is 9.60. The molecule has 0 bridgehead atoms. The molecule has 0 aromatic heterocycles. The van der Waals surface area contributed by atoms with E-state index in [1.807, 2.05) is 19.1 Å². The van der Waals surface area contributed by atoms with Crippen LogP contribution in [0.2, 0.25) is 0 Å². The third-order valence-corrected chi connectivity index (χ3v) is 4.23. The average molecular weight is 284 g/mol. The fraction of sp³-hybridized carbons (Fsp3) is 0.278. The molecule has 1 nitrogen and oxygen atoms in total. The van der Waals surface area contributed by atoms with Gasteiger partial charge in [0.2, 0.25) is 0 Å². The lowest BCUT2D eigenvalue weighted by Gasteiger charge is -2.06. The first kappa shape index (κ1) is 14.9. The SMILES string of the molecule is CSc1ccc(CCC(=O)c2ccc(C)cc2C)cc1. The van der Waals surface area contributed by atoms with Crippen LogP contribution in [0, 0.1) is 13.8 Å². The van der Waals surface area contributed by atoms with E-state index < -0.39 is 0 Å². The molecule has 2 aromatic rings. The van der Waals surface area contributed by atoms with Gasteiger partial charge in [0.25, 0.3) is 0 Å². The van der Waals surface area contributed by atoms with Gasteiger partial charge in [-0.15, -0.1) is 11.8 Å². The molecular weight excluding hydrogens is 264 g/mol. The van der Waals surface area contributed by atoms with Crippen molar-refractivity contribution in [3.05, 3.63) is 64.7 Å². The highest BCUT2D eigenvalue weighted by Gasteiger charge is 2.09. The third-order valence-electron chi connectivity index (χ3n) is 3.48. The van der Waals surface area contributed by atoms with Crippen LogP contribution in [0.3, 0.4) is 0 Å². The van der Waals surface area contributed by atoms with Gasteiger partial charge in [-0.05, 0) is 49.8 Å². The predicted molar refractivity (Wildman–Crippen MR) is 86.8 cm³/mol. The number of ketones is 1. The van der Waals surface area contributed by atoms with Gasteiger partial charge in [0.15, 0.2) is 5.78 Å². The van der Waals surface area contributed by atoms with Gasteiger partial charge in [0.1, 0.15) is 0 Å². The molecule has 0 unspecified atom stereocenters. The molecule has 0 heterocycles. The van der Waals surface area contributed by atoms with E-state index in [2.05, 4.69) is 43.5 Å². The van der Waals surface area contributed by atoms with E-state index in [0.717, 1.165) is 17.5 Å².